The Kier molecular flexibility index (Phi) is 11.2. The summed E-state index contributed by atoms with van der Waals surface area (Å²) in [6, 6.07) is 6.71. The molecule has 2 rings (SSSR count). The number of nitrogen functional groups attached to an aromatic ring is 1. The Morgan fingerprint density at radius 2 is 1.31 bits per heavy atom. The molecule has 0 fully saturated rings. The molecule has 0 saturated carbocycles. The van der Waals surface area contributed by atoms with Gasteiger partial charge in [-0.15, -0.1) is 0 Å². The van der Waals surface area contributed by atoms with Gasteiger partial charge in [-0.1, -0.05) is 64.7 Å². The summed E-state index contributed by atoms with van der Waals surface area (Å²) in [6.45, 7) is 10.9. The van der Waals surface area contributed by atoms with Gasteiger partial charge in [0.1, 0.15) is 11.6 Å². The minimum atomic E-state index is -0.415. The Balaban J connectivity index is 0.000000444. The summed E-state index contributed by atoms with van der Waals surface area (Å²) in [4.78, 5) is 29.5. The van der Waals surface area contributed by atoms with Crippen molar-refractivity contribution in [2.45, 2.75) is 41.5 Å². The molecule has 0 unspecified atom stereocenters. The standard InChI is InChI=1S/C10H13ClN2O.C5H5ClN2.C5H9ClO/c1-10(2,3)9(14)13-8-5-4-7(11)6-12-8;6-4-1-2-5(7)8-3-4;1-5(2,3)4(6)7/h4-6H,1-3H3,(H,12,13,14);1-3H,(H2,7,8);1-3H3. The fourth-order valence-electron chi connectivity index (χ4n) is 1.14. The Hall–Kier alpha value is -1.89. The average molecular weight is 462 g/mol. The maximum atomic E-state index is 11.5. The lowest BCUT2D eigenvalue weighted by Gasteiger charge is -2.16. The number of amides is 1. The fourth-order valence-corrected chi connectivity index (χ4v) is 1.36. The number of rotatable bonds is 1. The summed E-state index contributed by atoms with van der Waals surface area (Å²) in [5, 5.41) is 3.58. The van der Waals surface area contributed by atoms with Crippen molar-refractivity contribution in [1.29, 1.82) is 0 Å². The molecule has 9 heteroatoms. The largest absolute Gasteiger partial charge is 0.384 e. The first-order valence-corrected chi connectivity index (χ1v) is 9.76. The van der Waals surface area contributed by atoms with E-state index in [1.807, 2.05) is 20.8 Å². The highest BCUT2D eigenvalue weighted by Crippen LogP contribution is 2.17. The van der Waals surface area contributed by atoms with Crippen LogP contribution in [0.3, 0.4) is 0 Å². The maximum Gasteiger partial charge on any atom is 0.230 e. The van der Waals surface area contributed by atoms with Crippen LogP contribution in [0.15, 0.2) is 36.7 Å². The van der Waals surface area contributed by atoms with E-state index in [0.29, 0.717) is 21.7 Å². The molecule has 6 nitrogen and oxygen atoms in total. The summed E-state index contributed by atoms with van der Waals surface area (Å²) < 4.78 is 0. The van der Waals surface area contributed by atoms with Gasteiger partial charge in [0.15, 0.2) is 0 Å². The van der Waals surface area contributed by atoms with E-state index in [4.69, 9.17) is 40.5 Å². The molecule has 0 spiro atoms. The third kappa shape index (κ3) is 13.0. The normalized spacial score (nSPS) is 10.7. The Labute approximate surface area is 187 Å². The molecule has 2 aromatic rings. The van der Waals surface area contributed by atoms with Gasteiger partial charge in [-0.05, 0) is 35.9 Å². The minimum Gasteiger partial charge on any atom is -0.384 e. The summed E-state index contributed by atoms with van der Waals surface area (Å²) in [6.07, 6.45) is 3.01. The number of halogens is 3. The number of nitrogens with zero attached hydrogens (tertiary/aromatic N) is 2. The van der Waals surface area contributed by atoms with Crippen molar-refractivity contribution in [3.8, 4) is 0 Å². The highest BCUT2D eigenvalue weighted by molar-refractivity contribution is 6.64. The molecule has 0 atom stereocenters. The number of hydrogen-bond acceptors (Lipinski definition) is 5. The molecular weight excluding hydrogens is 435 g/mol. The molecule has 2 aromatic heterocycles. The number of carbonyl (C=O) groups is 2. The number of nitrogens with one attached hydrogen (secondary N) is 1. The molecule has 3 N–H and O–H groups in total. The van der Waals surface area contributed by atoms with Gasteiger partial charge in [0.2, 0.25) is 11.1 Å². The molecule has 160 valence electrons. The Morgan fingerprint density at radius 3 is 1.59 bits per heavy atom. The fraction of sp³-hybridized carbons (Fsp3) is 0.400. The zero-order chi connectivity index (χ0) is 22.8. The van der Waals surface area contributed by atoms with E-state index < -0.39 is 5.41 Å². The number of anilines is 2. The average Bonchev–Trinajstić information content (AvgIpc) is 2.59. The van der Waals surface area contributed by atoms with Crippen LogP contribution in [0.2, 0.25) is 10.0 Å². The lowest BCUT2D eigenvalue weighted by molar-refractivity contribution is -0.123. The van der Waals surface area contributed by atoms with E-state index in [9.17, 15) is 9.59 Å². The number of aromatic nitrogens is 2. The van der Waals surface area contributed by atoms with Gasteiger partial charge in [0.05, 0.1) is 10.0 Å². The van der Waals surface area contributed by atoms with Crippen LogP contribution in [-0.4, -0.2) is 21.1 Å². The van der Waals surface area contributed by atoms with Crippen molar-refractivity contribution in [3.05, 3.63) is 46.7 Å². The van der Waals surface area contributed by atoms with Crippen LogP contribution in [0.25, 0.3) is 0 Å². The van der Waals surface area contributed by atoms with E-state index >= 15 is 0 Å². The van der Waals surface area contributed by atoms with E-state index in [1.54, 1.807) is 45.0 Å². The lowest BCUT2D eigenvalue weighted by Crippen LogP contribution is -2.27. The summed E-state index contributed by atoms with van der Waals surface area (Å²) in [5.41, 5.74) is 4.47. The first-order chi connectivity index (χ1) is 13.1. The molecule has 0 saturated heterocycles. The van der Waals surface area contributed by atoms with Gasteiger partial charge in [0, 0.05) is 23.2 Å². The monoisotopic (exact) mass is 460 g/mol. The molecule has 29 heavy (non-hydrogen) atoms. The molecule has 1 amide bonds. The van der Waals surface area contributed by atoms with Crippen molar-refractivity contribution in [2.75, 3.05) is 11.1 Å². The predicted molar refractivity (Wildman–Crippen MR) is 121 cm³/mol. The first-order valence-electron chi connectivity index (χ1n) is 8.63. The third-order valence-electron chi connectivity index (χ3n) is 2.99. The second-order valence-electron chi connectivity index (χ2n) is 7.99. The van der Waals surface area contributed by atoms with Crippen molar-refractivity contribution < 1.29 is 9.59 Å². The van der Waals surface area contributed by atoms with Crippen LogP contribution in [0.4, 0.5) is 11.6 Å². The quantitative estimate of drug-likeness (QED) is 0.520. The molecule has 2 heterocycles. The maximum absolute atomic E-state index is 11.5. The summed E-state index contributed by atoms with van der Waals surface area (Å²) in [7, 11) is 0. The number of hydrogen-bond donors (Lipinski definition) is 2. The van der Waals surface area contributed by atoms with E-state index in [-0.39, 0.29) is 16.6 Å². The van der Waals surface area contributed by atoms with Crippen LogP contribution in [-0.2, 0) is 9.59 Å². The number of pyridine rings is 2. The van der Waals surface area contributed by atoms with Crippen molar-refractivity contribution >= 4 is 57.6 Å². The number of nitrogens with two attached hydrogens (primary N) is 1. The van der Waals surface area contributed by atoms with Gasteiger partial charge in [-0.25, -0.2) is 9.97 Å². The van der Waals surface area contributed by atoms with Gasteiger partial charge < -0.3 is 11.1 Å². The molecule has 0 radical (unpaired) electrons. The first kappa shape index (κ1) is 27.1. The second kappa shape index (κ2) is 12.0. The molecule has 0 aliphatic carbocycles. The molecular formula is C20H27Cl3N4O2. The highest BCUT2D eigenvalue weighted by atomic mass is 35.5. The minimum absolute atomic E-state index is 0.0627. The van der Waals surface area contributed by atoms with E-state index in [0.717, 1.165) is 0 Å². The lowest BCUT2D eigenvalue weighted by atomic mass is 9.96. The van der Waals surface area contributed by atoms with E-state index in [1.165, 1.54) is 12.4 Å². The van der Waals surface area contributed by atoms with Gasteiger partial charge in [0.25, 0.3) is 0 Å². The summed E-state index contributed by atoms with van der Waals surface area (Å²) >= 11 is 16.3. The van der Waals surface area contributed by atoms with Crippen LogP contribution in [0.1, 0.15) is 41.5 Å². The van der Waals surface area contributed by atoms with Gasteiger partial charge in [-0.3, -0.25) is 9.59 Å². The summed E-state index contributed by atoms with van der Waals surface area (Å²) in [5.74, 6) is 0.955. The van der Waals surface area contributed by atoms with Crippen LogP contribution in [0, 0.1) is 10.8 Å². The molecule has 0 aromatic carbocycles. The predicted octanol–water partition coefficient (Wildman–Crippen LogP) is 5.83. The third-order valence-corrected chi connectivity index (χ3v) is 4.00. The Bertz CT molecular complexity index is 760. The van der Waals surface area contributed by atoms with Crippen molar-refractivity contribution in [2.24, 2.45) is 10.8 Å². The smallest absolute Gasteiger partial charge is 0.230 e. The van der Waals surface area contributed by atoms with Crippen molar-refractivity contribution in [1.82, 2.24) is 9.97 Å². The second-order valence-corrected chi connectivity index (χ2v) is 9.21. The number of carbonyl (C=O) groups excluding carboxylic acids is 2. The van der Waals surface area contributed by atoms with Crippen LogP contribution >= 0.6 is 34.8 Å². The van der Waals surface area contributed by atoms with Gasteiger partial charge in [-0.2, -0.15) is 0 Å². The Morgan fingerprint density at radius 1 is 0.862 bits per heavy atom. The zero-order valence-corrected chi connectivity index (χ0v) is 19.7. The highest BCUT2D eigenvalue weighted by Gasteiger charge is 2.21. The van der Waals surface area contributed by atoms with Crippen LogP contribution in [0.5, 0.6) is 0 Å². The SMILES string of the molecule is CC(C)(C)C(=O)Cl.CC(C)(C)C(=O)Nc1ccc(Cl)cn1.Nc1ccc(Cl)cn1. The topological polar surface area (TPSA) is 98.0 Å². The van der Waals surface area contributed by atoms with E-state index in [2.05, 4.69) is 15.3 Å². The van der Waals surface area contributed by atoms with Crippen LogP contribution < -0.4 is 11.1 Å². The molecule has 0 aliphatic heterocycles. The zero-order valence-electron chi connectivity index (χ0n) is 17.4. The van der Waals surface area contributed by atoms with Gasteiger partial charge >= 0.3 is 0 Å². The molecule has 0 aliphatic rings. The molecule has 0 bridgehead atoms. The van der Waals surface area contributed by atoms with Crippen molar-refractivity contribution in [3.63, 3.8) is 0 Å².